The number of hydrogen-bond donors (Lipinski definition) is 0. The Hall–Kier alpha value is -2.74. The van der Waals surface area contributed by atoms with Crippen LogP contribution in [0, 0.1) is 11.7 Å². The van der Waals surface area contributed by atoms with Crippen LogP contribution < -0.4 is 0 Å². The third kappa shape index (κ3) is 4.35. The SMILES string of the molecule is CCN(CC)C(=O)C1CCN(C(=O)c2ncn3c2COC(c2ccc(F)cc2)C3)CC1. The van der Waals surface area contributed by atoms with Crippen molar-refractivity contribution in [1.82, 2.24) is 19.4 Å². The smallest absolute Gasteiger partial charge is 0.274 e. The minimum Gasteiger partial charge on any atom is -0.365 e. The Balaban J connectivity index is 1.39. The van der Waals surface area contributed by atoms with E-state index in [0.29, 0.717) is 51.3 Å². The van der Waals surface area contributed by atoms with Crippen molar-refractivity contribution in [1.29, 1.82) is 0 Å². The van der Waals surface area contributed by atoms with Crippen LogP contribution in [0.5, 0.6) is 0 Å². The Morgan fingerprint density at radius 2 is 1.84 bits per heavy atom. The molecule has 8 heteroatoms. The molecule has 1 atom stereocenters. The van der Waals surface area contributed by atoms with E-state index in [1.165, 1.54) is 12.1 Å². The van der Waals surface area contributed by atoms with Gasteiger partial charge in [0.2, 0.25) is 5.91 Å². The molecule has 166 valence electrons. The number of imidazole rings is 1. The second-order valence-electron chi connectivity index (χ2n) is 8.12. The van der Waals surface area contributed by atoms with E-state index >= 15 is 0 Å². The van der Waals surface area contributed by atoms with E-state index in [4.69, 9.17) is 4.74 Å². The lowest BCUT2D eigenvalue weighted by molar-refractivity contribution is -0.136. The summed E-state index contributed by atoms with van der Waals surface area (Å²) in [5.41, 5.74) is 2.09. The average molecular weight is 429 g/mol. The molecule has 0 saturated carbocycles. The predicted molar refractivity (Wildman–Crippen MR) is 113 cm³/mol. The third-order valence-corrected chi connectivity index (χ3v) is 6.38. The van der Waals surface area contributed by atoms with Gasteiger partial charge < -0.3 is 19.1 Å². The Morgan fingerprint density at radius 1 is 1.16 bits per heavy atom. The molecule has 2 aliphatic heterocycles. The van der Waals surface area contributed by atoms with Gasteiger partial charge in [0, 0.05) is 32.1 Å². The molecule has 0 radical (unpaired) electrons. The lowest BCUT2D eigenvalue weighted by Gasteiger charge is -2.33. The van der Waals surface area contributed by atoms with Crippen LogP contribution >= 0.6 is 0 Å². The normalized spacial score (nSPS) is 19.2. The highest BCUT2D eigenvalue weighted by Gasteiger charge is 2.33. The molecule has 2 amide bonds. The van der Waals surface area contributed by atoms with Crippen LogP contribution in [0.3, 0.4) is 0 Å². The van der Waals surface area contributed by atoms with Crippen LogP contribution in [-0.2, 0) is 22.7 Å². The first-order valence-corrected chi connectivity index (χ1v) is 11.0. The summed E-state index contributed by atoms with van der Waals surface area (Å²) >= 11 is 0. The number of rotatable bonds is 5. The number of aromatic nitrogens is 2. The van der Waals surface area contributed by atoms with Crippen molar-refractivity contribution in [2.45, 2.75) is 45.9 Å². The summed E-state index contributed by atoms with van der Waals surface area (Å²) in [6.07, 6.45) is 2.84. The standard InChI is InChI=1S/C23H29FN4O3/c1-3-26(4-2)22(29)17-9-11-27(12-10-17)23(30)21-19-14-31-20(13-28(19)15-25-21)16-5-7-18(24)8-6-16/h5-8,15,17,20H,3-4,9-14H2,1-2H3. The van der Waals surface area contributed by atoms with Gasteiger partial charge in [-0.1, -0.05) is 12.1 Å². The van der Waals surface area contributed by atoms with Gasteiger partial charge in [0.05, 0.1) is 25.2 Å². The summed E-state index contributed by atoms with van der Waals surface area (Å²) < 4.78 is 21.1. The zero-order chi connectivity index (χ0) is 22.0. The quantitative estimate of drug-likeness (QED) is 0.734. The summed E-state index contributed by atoms with van der Waals surface area (Å²) in [5.74, 6) is -0.207. The molecular weight excluding hydrogens is 399 g/mol. The van der Waals surface area contributed by atoms with Crippen molar-refractivity contribution in [3.05, 3.63) is 53.4 Å². The first-order chi connectivity index (χ1) is 15.0. The molecule has 1 unspecified atom stereocenters. The van der Waals surface area contributed by atoms with Crippen molar-refractivity contribution < 1.29 is 18.7 Å². The number of carbonyl (C=O) groups excluding carboxylic acids is 2. The summed E-state index contributed by atoms with van der Waals surface area (Å²) in [7, 11) is 0. The number of piperidine rings is 1. The highest BCUT2D eigenvalue weighted by molar-refractivity contribution is 5.93. The number of fused-ring (bicyclic) bond motifs is 1. The third-order valence-electron chi connectivity index (χ3n) is 6.38. The molecule has 1 saturated heterocycles. The van der Waals surface area contributed by atoms with E-state index in [1.807, 2.05) is 23.3 Å². The number of halogens is 1. The van der Waals surface area contributed by atoms with Crippen molar-refractivity contribution in [3.63, 3.8) is 0 Å². The molecule has 2 aliphatic rings. The molecule has 7 nitrogen and oxygen atoms in total. The van der Waals surface area contributed by atoms with Crippen LogP contribution in [-0.4, -0.2) is 57.3 Å². The highest BCUT2D eigenvalue weighted by Crippen LogP contribution is 2.29. The van der Waals surface area contributed by atoms with E-state index < -0.39 is 0 Å². The van der Waals surface area contributed by atoms with Gasteiger partial charge in [-0.15, -0.1) is 0 Å². The predicted octanol–water partition coefficient (Wildman–Crippen LogP) is 3.01. The fraction of sp³-hybridized carbons (Fsp3) is 0.522. The lowest BCUT2D eigenvalue weighted by atomic mass is 9.95. The molecule has 0 aliphatic carbocycles. The molecule has 1 fully saturated rings. The van der Waals surface area contributed by atoms with E-state index in [1.54, 1.807) is 23.4 Å². The van der Waals surface area contributed by atoms with Gasteiger partial charge in [-0.3, -0.25) is 9.59 Å². The molecule has 4 rings (SSSR count). The Kier molecular flexibility index (Phi) is 6.36. The van der Waals surface area contributed by atoms with Gasteiger partial charge >= 0.3 is 0 Å². The number of nitrogens with zero attached hydrogens (tertiary/aromatic N) is 4. The highest BCUT2D eigenvalue weighted by atomic mass is 19.1. The van der Waals surface area contributed by atoms with E-state index in [0.717, 1.165) is 11.3 Å². The van der Waals surface area contributed by atoms with Crippen molar-refractivity contribution in [2.24, 2.45) is 5.92 Å². The van der Waals surface area contributed by atoms with Gasteiger partial charge in [-0.25, -0.2) is 9.37 Å². The lowest BCUT2D eigenvalue weighted by Crippen LogP contribution is -2.44. The van der Waals surface area contributed by atoms with Crippen LogP contribution in [0.25, 0.3) is 0 Å². The number of carbonyl (C=O) groups is 2. The zero-order valence-electron chi connectivity index (χ0n) is 18.1. The van der Waals surface area contributed by atoms with Crippen LogP contribution in [0.1, 0.15) is 54.5 Å². The molecule has 2 aromatic rings. The molecule has 0 bridgehead atoms. The van der Waals surface area contributed by atoms with E-state index in [2.05, 4.69) is 4.98 Å². The second-order valence-corrected chi connectivity index (χ2v) is 8.12. The van der Waals surface area contributed by atoms with E-state index in [-0.39, 0.29) is 36.3 Å². The molecule has 1 aromatic carbocycles. The van der Waals surface area contributed by atoms with Gasteiger partial charge in [0.1, 0.15) is 11.9 Å². The van der Waals surface area contributed by atoms with Crippen molar-refractivity contribution >= 4 is 11.8 Å². The summed E-state index contributed by atoms with van der Waals surface area (Å²) in [6.45, 7) is 7.34. The maximum Gasteiger partial charge on any atom is 0.274 e. The summed E-state index contributed by atoms with van der Waals surface area (Å²) in [4.78, 5) is 33.7. The Bertz CT molecular complexity index is 931. The van der Waals surface area contributed by atoms with Gasteiger partial charge in [-0.2, -0.15) is 0 Å². The Labute approximate surface area is 181 Å². The van der Waals surface area contributed by atoms with Gasteiger partial charge in [0.15, 0.2) is 5.69 Å². The van der Waals surface area contributed by atoms with Crippen molar-refractivity contribution in [3.8, 4) is 0 Å². The first-order valence-electron chi connectivity index (χ1n) is 11.0. The van der Waals surface area contributed by atoms with Gasteiger partial charge in [0.25, 0.3) is 5.91 Å². The maximum atomic E-state index is 13.2. The fourth-order valence-corrected chi connectivity index (χ4v) is 4.46. The minimum atomic E-state index is -0.279. The second kappa shape index (κ2) is 9.18. The van der Waals surface area contributed by atoms with E-state index in [9.17, 15) is 14.0 Å². The summed E-state index contributed by atoms with van der Waals surface area (Å²) in [6, 6.07) is 6.28. The number of amides is 2. The molecule has 31 heavy (non-hydrogen) atoms. The van der Waals surface area contributed by atoms with Crippen LogP contribution in [0.4, 0.5) is 4.39 Å². The van der Waals surface area contributed by atoms with Crippen LogP contribution in [0.15, 0.2) is 30.6 Å². The number of ether oxygens (including phenoxy) is 1. The minimum absolute atomic E-state index is 0.0142. The van der Waals surface area contributed by atoms with Crippen LogP contribution in [0.2, 0.25) is 0 Å². The summed E-state index contributed by atoms with van der Waals surface area (Å²) in [5, 5.41) is 0. The Morgan fingerprint density at radius 3 is 2.48 bits per heavy atom. The average Bonchev–Trinajstić information content (AvgIpc) is 3.23. The number of likely N-dealkylation sites (tertiary alicyclic amines) is 1. The first kappa shape index (κ1) is 21.5. The molecule has 3 heterocycles. The molecule has 0 spiro atoms. The topological polar surface area (TPSA) is 67.7 Å². The van der Waals surface area contributed by atoms with Gasteiger partial charge in [-0.05, 0) is 44.4 Å². The molecular formula is C23H29FN4O3. The number of benzene rings is 1. The fourth-order valence-electron chi connectivity index (χ4n) is 4.46. The van der Waals surface area contributed by atoms with Crippen molar-refractivity contribution in [2.75, 3.05) is 26.2 Å². The molecule has 0 N–H and O–H groups in total. The zero-order valence-corrected chi connectivity index (χ0v) is 18.1. The largest absolute Gasteiger partial charge is 0.365 e. The number of hydrogen-bond acceptors (Lipinski definition) is 4. The maximum absolute atomic E-state index is 13.2. The monoisotopic (exact) mass is 428 g/mol. The molecule has 1 aromatic heterocycles.